The Morgan fingerprint density at radius 2 is 1.85 bits per heavy atom. The zero-order valence-corrected chi connectivity index (χ0v) is 10.2. The van der Waals surface area contributed by atoms with Gasteiger partial charge >= 0.3 is 0 Å². The van der Waals surface area contributed by atoms with Crippen molar-refractivity contribution in [1.29, 1.82) is 0 Å². The average Bonchev–Trinajstić information content (AvgIpc) is 2.06. The second-order valence-corrected chi connectivity index (χ2v) is 3.75. The van der Waals surface area contributed by atoms with Crippen LogP contribution in [0.15, 0.2) is 28.7 Å². The average molecular weight is 264 g/mol. The fraction of sp³-hybridized carbons (Fsp3) is 0.400. The minimum atomic E-state index is 0. The predicted molar refractivity (Wildman–Crippen MR) is 56.2 cm³/mol. The van der Waals surface area contributed by atoms with Gasteiger partial charge in [-0.2, -0.15) is 0 Å². The quantitative estimate of drug-likeness (QED) is 0.817. The Hall–Kier alpha value is -0.0500. The van der Waals surface area contributed by atoms with Crippen molar-refractivity contribution < 1.29 is 12.4 Å². The van der Waals surface area contributed by atoms with E-state index in [2.05, 4.69) is 59.4 Å². The first-order valence-electron chi connectivity index (χ1n) is 4.23. The minimum absolute atomic E-state index is 0. The van der Waals surface area contributed by atoms with E-state index >= 15 is 0 Å². The second-order valence-electron chi connectivity index (χ2n) is 2.83. The first-order chi connectivity index (χ1) is 5.74. The number of halogens is 2. The van der Waals surface area contributed by atoms with Crippen molar-refractivity contribution in [3.8, 4) is 0 Å². The van der Waals surface area contributed by atoms with Crippen LogP contribution >= 0.6 is 15.9 Å². The van der Waals surface area contributed by atoms with Gasteiger partial charge in [0.05, 0.1) is 0 Å². The summed E-state index contributed by atoms with van der Waals surface area (Å²) in [6.07, 6.45) is 0. The maximum absolute atomic E-state index is 3.41. The van der Waals surface area contributed by atoms with Gasteiger partial charge in [-0.1, -0.05) is 35.0 Å². The normalized spacial score (nSPS) is 11.9. The van der Waals surface area contributed by atoms with Gasteiger partial charge in [0.25, 0.3) is 0 Å². The van der Waals surface area contributed by atoms with Gasteiger partial charge in [-0.25, -0.2) is 0 Å². The molecule has 0 aliphatic heterocycles. The molecule has 74 valence electrons. The molecule has 1 atom stereocenters. The largest absolute Gasteiger partial charge is 1.00 e. The predicted octanol–water partition coefficient (Wildman–Crippen LogP) is 0.124. The lowest BCUT2D eigenvalue weighted by atomic mass is 10.1. The lowest BCUT2D eigenvalue weighted by Crippen LogP contribution is -3.00. The third-order valence-electron chi connectivity index (χ3n) is 1.88. The van der Waals surface area contributed by atoms with Gasteiger partial charge in [0.1, 0.15) is 0 Å². The Bertz CT molecular complexity index is 235. The van der Waals surface area contributed by atoms with E-state index in [0.717, 1.165) is 11.0 Å². The van der Waals surface area contributed by atoms with Gasteiger partial charge < -0.3 is 17.7 Å². The zero-order chi connectivity index (χ0) is 8.97. The summed E-state index contributed by atoms with van der Waals surface area (Å²) in [7, 11) is 0. The van der Waals surface area contributed by atoms with E-state index in [0.29, 0.717) is 6.04 Å². The summed E-state index contributed by atoms with van der Waals surface area (Å²) in [6, 6.07) is 8.87. The molecule has 0 saturated heterocycles. The molecule has 1 unspecified atom stereocenters. The highest BCUT2D eigenvalue weighted by Gasteiger charge is 2.01. The minimum Gasteiger partial charge on any atom is -1.00 e. The van der Waals surface area contributed by atoms with Crippen LogP contribution in [0.4, 0.5) is 0 Å². The lowest BCUT2D eigenvalue weighted by molar-refractivity contribution is -0.00000254. The van der Waals surface area contributed by atoms with Crippen LogP contribution in [0.1, 0.15) is 25.5 Å². The second kappa shape index (κ2) is 6.41. The van der Waals surface area contributed by atoms with Gasteiger partial charge in [-0.15, -0.1) is 0 Å². The number of rotatable bonds is 3. The van der Waals surface area contributed by atoms with Gasteiger partial charge in [-0.05, 0) is 31.2 Å². The van der Waals surface area contributed by atoms with Crippen molar-refractivity contribution in [1.82, 2.24) is 5.32 Å². The van der Waals surface area contributed by atoms with E-state index in [1.54, 1.807) is 0 Å². The zero-order valence-electron chi connectivity index (χ0n) is 7.85. The van der Waals surface area contributed by atoms with Crippen molar-refractivity contribution in [3.63, 3.8) is 0 Å². The van der Waals surface area contributed by atoms with E-state index in [4.69, 9.17) is 0 Å². The smallest absolute Gasteiger partial charge is 0.0291 e. The molecule has 1 rings (SSSR count). The maximum Gasteiger partial charge on any atom is 0.0291 e. The van der Waals surface area contributed by atoms with Crippen LogP contribution in [-0.2, 0) is 0 Å². The topological polar surface area (TPSA) is 12.0 Å². The van der Waals surface area contributed by atoms with Crippen molar-refractivity contribution in [2.45, 2.75) is 19.9 Å². The highest BCUT2D eigenvalue weighted by molar-refractivity contribution is 9.10. The van der Waals surface area contributed by atoms with Crippen LogP contribution in [0.5, 0.6) is 0 Å². The highest BCUT2D eigenvalue weighted by Crippen LogP contribution is 2.15. The molecule has 0 radical (unpaired) electrons. The fourth-order valence-electron chi connectivity index (χ4n) is 1.18. The summed E-state index contributed by atoms with van der Waals surface area (Å²) in [6.45, 7) is 5.30. The Morgan fingerprint density at radius 3 is 2.31 bits per heavy atom. The summed E-state index contributed by atoms with van der Waals surface area (Å²) in [5.74, 6) is 0. The van der Waals surface area contributed by atoms with E-state index < -0.39 is 0 Å². The highest BCUT2D eigenvalue weighted by atomic mass is 79.9. The Labute approximate surface area is 94.5 Å². The standard InChI is InChI=1S/C10H14BrN.ClH/c1-3-12-8(2)9-4-6-10(11)7-5-9;/h4-8,12H,3H2,1-2H3;1H/p-1. The van der Waals surface area contributed by atoms with E-state index in [1.807, 2.05) is 0 Å². The fourth-order valence-corrected chi connectivity index (χ4v) is 1.44. The molecule has 0 saturated carbocycles. The van der Waals surface area contributed by atoms with Crippen molar-refractivity contribution in [3.05, 3.63) is 34.3 Å². The number of hydrogen-bond acceptors (Lipinski definition) is 1. The van der Waals surface area contributed by atoms with E-state index in [1.165, 1.54) is 5.56 Å². The van der Waals surface area contributed by atoms with Crippen LogP contribution < -0.4 is 17.7 Å². The molecular formula is C10H14BrClN-. The van der Waals surface area contributed by atoms with Gasteiger partial charge in [0.15, 0.2) is 0 Å². The molecule has 1 aromatic carbocycles. The lowest BCUT2D eigenvalue weighted by Gasteiger charge is -2.12. The molecule has 0 heterocycles. The van der Waals surface area contributed by atoms with Crippen LogP contribution in [0.3, 0.4) is 0 Å². The summed E-state index contributed by atoms with van der Waals surface area (Å²) in [5.41, 5.74) is 1.33. The molecule has 1 N–H and O–H groups in total. The van der Waals surface area contributed by atoms with Gasteiger partial charge in [0, 0.05) is 10.5 Å². The molecule has 0 bridgehead atoms. The van der Waals surface area contributed by atoms with Crippen LogP contribution in [0.2, 0.25) is 0 Å². The molecule has 3 heteroatoms. The van der Waals surface area contributed by atoms with Gasteiger partial charge in [0.2, 0.25) is 0 Å². The van der Waals surface area contributed by atoms with Crippen molar-refractivity contribution >= 4 is 15.9 Å². The third-order valence-corrected chi connectivity index (χ3v) is 2.41. The maximum atomic E-state index is 3.41. The molecule has 0 aliphatic rings. The number of nitrogens with one attached hydrogen (secondary N) is 1. The van der Waals surface area contributed by atoms with Crippen LogP contribution in [0.25, 0.3) is 0 Å². The molecule has 13 heavy (non-hydrogen) atoms. The van der Waals surface area contributed by atoms with Crippen LogP contribution in [0, 0.1) is 0 Å². The molecular weight excluding hydrogens is 249 g/mol. The molecule has 1 nitrogen and oxygen atoms in total. The molecule has 0 aliphatic carbocycles. The summed E-state index contributed by atoms with van der Waals surface area (Å²) >= 11 is 3.41. The molecule has 1 aromatic rings. The van der Waals surface area contributed by atoms with Crippen molar-refractivity contribution in [2.75, 3.05) is 6.54 Å². The summed E-state index contributed by atoms with van der Waals surface area (Å²) in [4.78, 5) is 0. The monoisotopic (exact) mass is 262 g/mol. The van der Waals surface area contributed by atoms with Crippen molar-refractivity contribution in [2.24, 2.45) is 0 Å². The van der Waals surface area contributed by atoms with Crippen LogP contribution in [-0.4, -0.2) is 6.54 Å². The molecule has 0 fully saturated rings. The Morgan fingerprint density at radius 1 is 1.31 bits per heavy atom. The van der Waals surface area contributed by atoms with Gasteiger partial charge in [-0.3, -0.25) is 0 Å². The summed E-state index contributed by atoms with van der Waals surface area (Å²) < 4.78 is 1.13. The Balaban J connectivity index is 0.00000144. The number of benzene rings is 1. The first kappa shape index (κ1) is 12.9. The molecule has 0 amide bonds. The third kappa shape index (κ3) is 4.12. The molecule has 0 aromatic heterocycles. The summed E-state index contributed by atoms with van der Waals surface area (Å²) in [5, 5.41) is 3.37. The Kier molecular flexibility index (Phi) is 6.39. The first-order valence-corrected chi connectivity index (χ1v) is 5.02. The molecule has 0 spiro atoms. The SMILES string of the molecule is CCNC(C)c1ccc(Br)cc1.[Cl-]. The number of hydrogen-bond donors (Lipinski definition) is 1. The van der Waals surface area contributed by atoms with E-state index in [9.17, 15) is 0 Å². The van der Waals surface area contributed by atoms with E-state index in [-0.39, 0.29) is 12.4 Å².